The summed E-state index contributed by atoms with van der Waals surface area (Å²) in [4.78, 5) is 0. The van der Waals surface area contributed by atoms with Crippen LogP contribution < -0.4 is 14.8 Å². The molecule has 4 nitrogen and oxygen atoms in total. The molecule has 0 fully saturated rings. The van der Waals surface area contributed by atoms with Crippen molar-refractivity contribution in [2.45, 2.75) is 6.04 Å². The summed E-state index contributed by atoms with van der Waals surface area (Å²) in [6.07, 6.45) is 0. The third-order valence-corrected chi connectivity index (χ3v) is 3.13. The van der Waals surface area contributed by atoms with Crippen LogP contribution in [0.2, 0.25) is 0 Å². The molecule has 2 N–H and O–H groups in total. The summed E-state index contributed by atoms with van der Waals surface area (Å²) in [5.74, 6) is 1.48. The normalized spacial score (nSPS) is 11.8. The summed E-state index contributed by atoms with van der Waals surface area (Å²) in [6.45, 7) is -0.0432. The van der Waals surface area contributed by atoms with Crippen molar-refractivity contribution < 1.29 is 14.6 Å². The van der Waals surface area contributed by atoms with Crippen molar-refractivity contribution in [3.63, 3.8) is 0 Å². The zero-order valence-electron chi connectivity index (χ0n) is 11.7. The summed E-state index contributed by atoms with van der Waals surface area (Å²) in [5.41, 5.74) is 1.74. The number of rotatable bonds is 6. The third-order valence-electron chi connectivity index (χ3n) is 3.13. The molecule has 0 heterocycles. The minimum Gasteiger partial charge on any atom is -0.496 e. The summed E-state index contributed by atoms with van der Waals surface area (Å²) in [6, 6.07) is 15.0. The largest absolute Gasteiger partial charge is 0.496 e. The maximum Gasteiger partial charge on any atom is 0.141 e. The predicted octanol–water partition coefficient (Wildman–Crippen LogP) is 2.85. The van der Waals surface area contributed by atoms with Gasteiger partial charge in [0.2, 0.25) is 0 Å². The van der Waals surface area contributed by atoms with Crippen LogP contribution in [-0.4, -0.2) is 25.9 Å². The highest BCUT2D eigenvalue weighted by Crippen LogP contribution is 2.31. The Morgan fingerprint density at radius 2 is 1.55 bits per heavy atom. The Morgan fingerprint density at radius 1 is 0.950 bits per heavy atom. The third kappa shape index (κ3) is 3.03. The summed E-state index contributed by atoms with van der Waals surface area (Å²) in [5, 5.41) is 12.9. The van der Waals surface area contributed by atoms with E-state index in [1.165, 1.54) is 0 Å². The van der Waals surface area contributed by atoms with Crippen molar-refractivity contribution in [3.05, 3.63) is 54.1 Å². The van der Waals surface area contributed by atoms with Gasteiger partial charge in [0, 0.05) is 5.56 Å². The molecule has 2 aromatic rings. The number of hydrogen-bond donors (Lipinski definition) is 2. The van der Waals surface area contributed by atoms with Crippen molar-refractivity contribution in [2.24, 2.45) is 0 Å². The van der Waals surface area contributed by atoms with Gasteiger partial charge in [0.05, 0.1) is 32.6 Å². The van der Waals surface area contributed by atoms with Gasteiger partial charge in [-0.05, 0) is 18.2 Å². The standard InChI is InChI=1S/C16H19NO3/c1-19-15-9-5-3-7-12(15)14(11-18)17-13-8-4-6-10-16(13)20-2/h3-10,14,17-18H,11H2,1-2H3. The summed E-state index contributed by atoms with van der Waals surface area (Å²) < 4.78 is 10.6. The van der Waals surface area contributed by atoms with Gasteiger partial charge in [0.15, 0.2) is 0 Å². The van der Waals surface area contributed by atoms with Crippen LogP contribution in [0.5, 0.6) is 11.5 Å². The number of nitrogens with one attached hydrogen (secondary N) is 1. The highest BCUT2D eigenvalue weighted by Gasteiger charge is 2.16. The molecule has 0 aromatic heterocycles. The number of aliphatic hydroxyl groups is 1. The highest BCUT2D eigenvalue weighted by molar-refractivity contribution is 5.58. The first-order chi connectivity index (χ1) is 9.80. The first-order valence-corrected chi connectivity index (χ1v) is 6.43. The van der Waals surface area contributed by atoms with Gasteiger partial charge in [-0.25, -0.2) is 0 Å². The molecule has 1 unspecified atom stereocenters. The van der Waals surface area contributed by atoms with Crippen LogP contribution >= 0.6 is 0 Å². The van der Waals surface area contributed by atoms with E-state index in [0.29, 0.717) is 0 Å². The molecular weight excluding hydrogens is 254 g/mol. The van der Waals surface area contributed by atoms with Gasteiger partial charge < -0.3 is 19.9 Å². The average molecular weight is 273 g/mol. The second-order valence-corrected chi connectivity index (χ2v) is 4.32. The molecule has 2 aromatic carbocycles. The van der Waals surface area contributed by atoms with Crippen molar-refractivity contribution in [2.75, 3.05) is 26.1 Å². The van der Waals surface area contributed by atoms with Gasteiger partial charge in [-0.3, -0.25) is 0 Å². The second kappa shape index (κ2) is 6.82. The first kappa shape index (κ1) is 14.2. The zero-order chi connectivity index (χ0) is 14.4. The molecule has 1 atom stereocenters. The smallest absolute Gasteiger partial charge is 0.141 e. The van der Waals surface area contributed by atoms with E-state index in [1.807, 2.05) is 48.5 Å². The quantitative estimate of drug-likeness (QED) is 0.849. The summed E-state index contributed by atoms with van der Waals surface area (Å²) >= 11 is 0. The topological polar surface area (TPSA) is 50.7 Å². The molecule has 0 saturated heterocycles. The number of ether oxygens (including phenoxy) is 2. The van der Waals surface area contributed by atoms with E-state index in [1.54, 1.807) is 14.2 Å². The Bertz CT molecular complexity index is 557. The number of anilines is 1. The van der Waals surface area contributed by atoms with Crippen LogP contribution in [0.4, 0.5) is 5.69 Å². The lowest BCUT2D eigenvalue weighted by Gasteiger charge is -2.21. The van der Waals surface area contributed by atoms with Crippen LogP contribution in [0.25, 0.3) is 0 Å². The Balaban J connectivity index is 2.29. The van der Waals surface area contributed by atoms with E-state index in [9.17, 15) is 5.11 Å². The maximum absolute atomic E-state index is 9.67. The van der Waals surface area contributed by atoms with Gasteiger partial charge in [0.1, 0.15) is 11.5 Å². The van der Waals surface area contributed by atoms with Gasteiger partial charge in [-0.1, -0.05) is 30.3 Å². The summed E-state index contributed by atoms with van der Waals surface area (Å²) in [7, 11) is 3.24. The molecule has 4 heteroatoms. The number of hydrogen-bond acceptors (Lipinski definition) is 4. The van der Waals surface area contributed by atoms with Crippen molar-refractivity contribution in [3.8, 4) is 11.5 Å². The van der Waals surface area contributed by atoms with E-state index >= 15 is 0 Å². The van der Waals surface area contributed by atoms with E-state index in [2.05, 4.69) is 5.32 Å². The lowest BCUT2D eigenvalue weighted by atomic mass is 10.1. The monoisotopic (exact) mass is 273 g/mol. The number of benzene rings is 2. The van der Waals surface area contributed by atoms with Crippen LogP contribution in [0.1, 0.15) is 11.6 Å². The van der Waals surface area contributed by atoms with Crippen molar-refractivity contribution >= 4 is 5.69 Å². The Kier molecular flexibility index (Phi) is 4.85. The molecular formula is C16H19NO3. The van der Waals surface area contributed by atoms with Crippen LogP contribution in [0, 0.1) is 0 Å². The van der Waals surface area contributed by atoms with Gasteiger partial charge in [-0.15, -0.1) is 0 Å². The van der Waals surface area contributed by atoms with E-state index in [4.69, 9.17) is 9.47 Å². The molecule has 106 valence electrons. The van der Waals surface area contributed by atoms with Gasteiger partial charge in [0.25, 0.3) is 0 Å². The van der Waals surface area contributed by atoms with E-state index in [-0.39, 0.29) is 12.6 Å². The minimum atomic E-state index is -0.262. The minimum absolute atomic E-state index is 0.0432. The SMILES string of the molecule is COc1ccccc1NC(CO)c1ccccc1OC. The molecule has 0 bridgehead atoms. The molecule has 0 aliphatic carbocycles. The van der Waals surface area contributed by atoms with Crippen molar-refractivity contribution in [1.82, 2.24) is 0 Å². The van der Waals surface area contributed by atoms with E-state index < -0.39 is 0 Å². The molecule has 0 spiro atoms. The second-order valence-electron chi connectivity index (χ2n) is 4.32. The molecule has 0 radical (unpaired) electrons. The first-order valence-electron chi connectivity index (χ1n) is 6.43. The average Bonchev–Trinajstić information content (AvgIpc) is 2.53. The Labute approximate surface area is 119 Å². The van der Waals surface area contributed by atoms with E-state index in [0.717, 1.165) is 22.7 Å². The molecule has 2 rings (SSSR count). The number of aliphatic hydroxyl groups excluding tert-OH is 1. The van der Waals surface area contributed by atoms with Crippen LogP contribution in [0.15, 0.2) is 48.5 Å². The molecule has 0 aliphatic heterocycles. The van der Waals surface area contributed by atoms with Crippen molar-refractivity contribution in [1.29, 1.82) is 0 Å². The Hall–Kier alpha value is -2.20. The molecule has 0 saturated carbocycles. The zero-order valence-corrected chi connectivity index (χ0v) is 11.7. The fourth-order valence-corrected chi connectivity index (χ4v) is 2.13. The van der Waals surface area contributed by atoms with Gasteiger partial charge >= 0.3 is 0 Å². The lowest BCUT2D eigenvalue weighted by molar-refractivity contribution is 0.272. The molecule has 0 amide bonds. The fraction of sp³-hybridized carbons (Fsp3) is 0.250. The number of methoxy groups -OCH3 is 2. The fourth-order valence-electron chi connectivity index (χ4n) is 2.13. The lowest BCUT2D eigenvalue weighted by Crippen LogP contribution is -2.16. The Morgan fingerprint density at radius 3 is 2.20 bits per heavy atom. The molecule has 0 aliphatic rings. The predicted molar refractivity (Wildman–Crippen MR) is 79.4 cm³/mol. The van der Waals surface area contributed by atoms with Crippen LogP contribution in [-0.2, 0) is 0 Å². The van der Waals surface area contributed by atoms with Gasteiger partial charge in [-0.2, -0.15) is 0 Å². The maximum atomic E-state index is 9.67. The van der Waals surface area contributed by atoms with Crippen LogP contribution in [0.3, 0.4) is 0 Å². The number of para-hydroxylation sites is 3. The molecule has 20 heavy (non-hydrogen) atoms. The highest BCUT2D eigenvalue weighted by atomic mass is 16.5.